The van der Waals surface area contributed by atoms with Crippen molar-refractivity contribution in [3.8, 4) is 11.4 Å². The molecule has 1 N–H and O–H groups in total. The van der Waals surface area contributed by atoms with E-state index < -0.39 is 11.4 Å². The summed E-state index contributed by atoms with van der Waals surface area (Å²) in [5, 5.41) is 9.60. The highest BCUT2D eigenvalue weighted by atomic mass is 16.5. The summed E-state index contributed by atoms with van der Waals surface area (Å²) in [6.45, 7) is 4.19. The number of carboxylic acids is 1. The van der Waals surface area contributed by atoms with E-state index in [9.17, 15) is 14.7 Å². The zero-order valence-corrected chi connectivity index (χ0v) is 18.3. The lowest BCUT2D eigenvalue weighted by Crippen LogP contribution is -2.51. The van der Waals surface area contributed by atoms with Crippen LogP contribution in [0.2, 0.25) is 0 Å². The predicted octanol–water partition coefficient (Wildman–Crippen LogP) is 1.22. The molecule has 2 aliphatic rings. The Morgan fingerprint density at radius 2 is 1.75 bits per heavy atom. The van der Waals surface area contributed by atoms with Crippen LogP contribution in [0, 0.1) is 5.41 Å². The van der Waals surface area contributed by atoms with Crippen LogP contribution in [0.5, 0.6) is 0 Å². The molecule has 1 aromatic heterocycles. The van der Waals surface area contributed by atoms with Gasteiger partial charge in [-0.05, 0) is 43.3 Å². The molecule has 0 bridgehead atoms. The number of amides is 1. The van der Waals surface area contributed by atoms with E-state index in [4.69, 9.17) is 4.74 Å². The van der Waals surface area contributed by atoms with Crippen molar-refractivity contribution in [2.24, 2.45) is 5.41 Å². The van der Waals surface area contributed by atoms with Gasteiger partial charge >= 0.3 is 5.97 Å². The van der Waals surface area contributed by atoms with E-state index in [1.807, 2.05) is 21.9 Å². The SMILES string of the molecule is COCC1(C(=O)O)CCN(CC(=O)N2CCN(c3ccc(-c4ncccn4)cc3)CC2)C1. The van der Waals surface area contributed by atoms with Gasteiger partial charge < -0.3 is 19.6 Å². The quantitative estimate of drug-likeness (QED) is 0.688. The third-order valence-electron chi connectivity index (χ3n) is 6.35. The van der Waals surface area contributed by atoms with Crippen LogP contribution in [0.4, 0.5) is 5.69 Å². The van der Waals surface area contributed by atoms with Crippen molar-refractivity contribution in [1.82, 2.24) is 19.8 Å². The Bertz CT molecular complexity index is 931. The van der Waals surface area contributed by atoms with Crippen molar-refractivity contribution in [1.29, 1.82) is 0 Å². The number of methoxy groups -OCH3 is 1. The van der Waals surface area contributed by atoms with Crippen LogP contribution in [0.3, 0.4) is 0 Å². The Balaban J connectivity index is 1.28. The van der Waals surface area contributed by atoms with Gasteiger partial charge in [0.1, 0.15) is 5.41 Å². The van der Waals surface area contributed by atoms with E-state index in [1.165, 1.54) is 7.11 Å². The molecule has 2 fully saturated rings. The summed E-state index contributed by atoms with van der Waals surface area (Å²) in [6, 6.07) is 9.96. The summed E-state index contributed by atoms with van der Waals surface area (Å²) in [5.74, 6) is -0.0959. The maximum Gasteiger partial charge on any atom is 0.313 e. The summed E-state index contributed by atoms with van der Waals surface area (Å²) in [4.78, 5) is 39.2. The highest BCUT2D eigenvalue weighted by molar-refractivity contribution is 5.79. The summed E-state index contributed by atoms with van der Waals surface area (Å²) < 4.78 is 5.13. The lowest BCUT2D eigenvalue weighted by Gasteiger charge is -2.37. The van der Waals surface area contributed by atoms with Crippen molar-refractivity contribution in [2.45, 2.75) is 6.42 Å². The average molecular weight is 440 g/mol. The zero-order valence-electron chi connectivity index (χ0n) is 18.3. The Morgan fingerprint density at radius 1 is 1.06 bits per heavy atom. The van der Waals surface area contributed by atoms with Gasteiger partial charge in [0.25, 0.3) is 0 Å². The molecule has 3 heterocycles. The summed E-state index contributed by atoms with van der Waals surface area (Å²) >= 11 is 0. The standard InChI is InChI=1S/C23H29N5O4/c1-32-17-23(22(30)31)7-10-26(16-23)15-20(29)28-13-11-27(12-14-28)19-5-3-18(4-6-19)21-24-8-2-9-25-21/h2-6,8-9H,7,10-17H2,1H3,(H,30,31). The molecule has 1 unspecified atom stereocenters. The second-order valence-corrected chi connectivity index (χ2v) is 8.47. The molecule has 0 saturated carbocycles. The van der Waals surface area contributed by atoms with Crippen molar-refractivity contribution < 1.29 is 19.4 Å². The van der Waals surface area contributed by atoms with Crippen LogP contribution in [-0.2, 0) is 14.3 Å². The molecule has 2 saturated heterocycles. The minimum absolute atomic E-state index is 0.0554. The first-order valence-corrected chi connectivity index (χ1v) is 10.9. The second-order valence-electron chi connectivity index (χ2n) is 8.47. The molecule has 0 aliphatic carbocycles. The molecular weight excluding hydrogens is 410 g/mol. The molecule has 170 valence electrons. The fourth-order valence-corrected chi connectivity index (χ4v) is 4.50. The molecule has 2 aliphatic heterocycles. The lowest BCUT2D eigenvalue weighted by molar-refractivity contribution is -0.151. The third-order valence-corrected chi connectivity index (χ3v) is 6.35. The summed E-state index contributed by atoms with van der Waals surface area (Å²) in [6.07, 6.45) is 3.96. The van der Waals surface area contributed by atoms with E-state index >= 15 is 0 Å². The van der Waals surface area contributed by atoms with Crippen LogP contribution in [0.1, 0.15) is 6.42 Å². The van der Waals surface area contributed by atoms with Crippen molar-refractivity contribution in [3.05, 3.63) is 42.7 Å². The van der Waals surface area contributed by atoms with Crippen LogP contribution in [0.25, 0.3) is 11.4 Å². The number of hydrogen-bond acceptors (Lipinski definition) is 7. The zero-order chi connectivity index (χ0) is 22.6. The van der Waals surface area contributed by atoms with Gasteiger partial charge in [-0.2, -0.15) is 0 Å². The summed E-state index contributed by atoms with van der Waals surface area (Å²) in [7, 11) is 1.51. The van der Waals surface area contributed by atoms with Crippen molar-refractivity contribution in [2.75, 3.05) is 64.4 Å². The number of anilines is 1. The molecule has 1 amide bonds. The number of carbonyl (C=O) groups is 2. The minimum Gasteiger partial charge on any atom is -0.481 e. The van der Waals surface area contributed by atoms with Gasteiger partial charge in [-0.1, -0.05) is 0 Å². The molecule has 9 nitrogen and oxygen atoms in total. The molecule has 9 heteroatoms. The van der Waals surface area contributed by atoms with Crippen LogP contribution >= 0.6 is 0 Å². The van der Waals surface area contributed by atoms with Gasteiger partial charge in [0.15, 0.2) is 5.82 Å². The first kappa shape index (κ1) is 22.2. The largest absolute Gasteiger partial charge is 0.481 e. The normalized spacial score (nSPS) is 21.7. The number of aromatic nitrogens is 2. The maximum atomic E-state index is 12.8. The average Bonchev–Trinajstić information content (AvgIpc) is 3.24. The van der Waals surface area contributed by atoms with Gasteiger partial charge in [-0.3, -0.25) is 14.5 Å². The highest BCUT2D eigenvalue weighted by Crippen LogP contribution is 2.31. The van der Waals surface area contributed by atoms with Gasteiger partial charge in [0.2, 0.25) is 5.91 Å². The Kier molecular flexibility index (Phi) is 6.66. The van der Waals surface area contributed by atoms with Gasteiger partial charge in [-0.15, -0.1) is 0 Å². The smallest absolute Gasteiger partial charge is 0.313 e. The molecule has 1 atom stereocenters. The number of aliphatic carboxylic acids is 1. The molecule has 4 rings (SSSR count). The Hall–Kier alpha value is -3.04. The monoisotopic (exact) mass is 439 g/mol. The number of rotatable bonds is 7. The highest BCUT2D eigenvalue weighted by Gasteiger charge is 2.45. The molecule has 32 heavy (non-hydrogen) atoms. The van der Waals surface area contributed by atoms with Crippen LogP contribution in [0.15, 0.2) is 42.7 Å². The van der Waals surface area contributed by atoms with E-state index in [2.05, 4.69) is 27.0 Å². The van der Waals surface area contributed by atoms with E-state index in [0.29, 0.717) is 38.4 Å². The number of hydrogen-bond donors (Lipinski definition) is 1. The van der Waals surface area contributed by atoms with Gasteiger partial charge in [0, 0.05) is 63.5 Å². The number of piperazine rings is 1. The van der Waals surface area contributed by atoms with Crippen molar-refractivity contribution in [3.63, 3.8) is 0 Å². The first-order chi connectivity index (χ1) is 15.5. The number of carbonyl (C=O) groups excluding carboxylic acids is 1. The van der Waals surface area contributed by atoms with Gasteiger partial charge in [0.05, 0.1) is 13.2 Å². The molecule has 2 aromatic rings. The number of ether oxygens (including phenoxy) is 1. The van der Waals surface area contributed by atoms with E-state index in [1.54, 1.807) is 18.5 Å². The maximum absolute atomic E-state index is 12.8. The molecule has 0 spiro atoms. The lowest BCUT2D eigenvalue weighted by atomic mass is 9.88. The van der Waals surface area contributed by atoms with Crippen LogP contribution in [-0.4, -0.2) is 96.3 Å². The number of nitrogens with zero attached hydrogens (tertiary/aromatic N) is 5. The number of carboxylic acid groups (broad SMARTS) is 1. The van der Waals surface area contributed by atoms with Gasteiger partial charge in [-0.25, -0.2) is 9.97 Å². The molecule has 1 aromatic carbocycles. The Labute approximate surface area is 187 Å². The first-order valence-electron chi connectivity index (χ1n) is 10.9. The molecular formula is C23H29N5O4. The minimum atomic E-state index is -0.912. The number of likely N-dealkylation sites (tertiary alicyclic amines) is 1. The van der Waals surface area contributed by atoms with E-state index in [0.717, 1.165) is 24.3 Å². The Morgan fingerprint density at radius 3 is 2.38 bits per heavy atom. The van der Waals surface area contributed by atoms with Crippen molar-refractivity contribution >= 4 is 17.6 Å². The fourth-order valence-electron chi connectivity index (χ4n) is 4.50. The number of benzene rings is 1. The second kappa shape index (κ2) is 9.62. The summed E-state index contributed by atoms with van der Waals surface area (Å²) in [5.41, 5.74) is 1.17. The molecule has 0 radical (unpaired) electrons. The fraction of sp³-hybridized carbons (Fsp3) is 0.478. The third kappa shape index (κ3) is 4.73. The van der Waals surface area contributed by atoms with E-state index in [-0.39, 0.29) is 19.1 Å². The predicted molar refractivity (Wildman–Crippen MR) is 119 cm³/mol. The topological polar surface area (TPSA) is 99.1 Å². The van der Waals surface area contributed by atoms with Crippen LogP contribution < -0.4 is 4.90 Å².